The molecule has 0 saturated heterocycles. The molecule has 15 nitrogen and oxygen atoms in total. The Bertz CT molecular complexity index is 1890. The Morgan fingerprint density at radius 3 is 1.72 bits per heavy atom. The Hall–Kier alpha value is -3.88. The first kappa shape index (κ1) is 29.7. The van der Waals surface area contributed by atoms with Gasteiger partial charge in [-0.15, -0.1) is 20.5 Å². The van der Waals surface area contributed by atoms with Gasteiger partial charge in [0.1, 0.15) is 43.3 Å². The van der Waals surface area contributed by atoms with Crippen molar-refractivity contribution in [2.45, 2.75) is 28.5 Å². The van der Waals surface area contributed by atoms with Crippen molar-refractivity contribution in [2.24, 2.45) is 20.5 Å². The fraction of sp³-hybridized carbons (Fsp3) is 0.100. The van der Waals surface area contributed by atoms with Gasteiger partial charge in [-0.25, -0.2) is 4.39 Å². The van der Waals surface area contributed by atoms with Crippen LogP contribution in [0.1, 0.15) is 11.1 Å². The minimum Gasteiger partial charge on any atom is -0.396 e. The van der Waals surface area contributed by atoms with Crippen LogP contribution in [0.2, 0.25) is 0 Å². The summed E-state index contributed by atoms with van der Waals surface area (Å²) < 4.78 is 113. The van der Waals surface area contributed by atoms with Crippen molar-refractivity contribution in [3.05, 3.63) is 53.3 Å². The summed E-state index contributed by atoms with van der Waals surface area (Å²) in [5, 5.41) is 14.5. The lowest BCUT2D eigenvalue weighted by molar-refractivity contribution is 0.481. The molecule has 3 rings (SSSR count). The highest BCUT2D eigenvalue weighted by Gasteiger charge is 2.24. The summed E-state index contributed by atoms with van der Waals surface area (Å²) in [6.07, 6.45) is 0. The van der Waals surface area contributed by atoms with E-state index in [0.717, 1.165) is 12.1 Å². The predicted molar refractivity (Wildman–Crippen MR) is 135 cm³/mol. The average molecular weight is 603 g/mol. The van der Waals surface area contributed by atoms with Gasteiger partial charge in [-0.3, -0.25) is 13.7 Å². The molecule has 19 heteroatoms. The van der Waals surface area contributed by atoms with Crippen LogP contribution in [0.3, 0.4) is 0 Å². The number of nitrogens with zero attached hydrogens (tertiary/aromatic N) is 4. The molecule has 0 saturated carbocycles. The normalized spacial score (nSPS) is 13.0. The third kappa shape index (κ3) is 6.58. The molecule has 7 N–H and O–H groups in total. The quantitative estimate of drug-likeness (QED) is 0.145. The Morgan fingerprint density at radius 1 is 0.641 bits per heavy atom. The van der Waals surface area contributed by atoms with Gasteiger partial charge in [0.05, 0.1) is 11.4 Å². The molecule has 0 aliphatic rings. The summed E-state index contributed by atoms with van der Waals surface area (Å²) >= 11 is 0. The Balaban J connectivity index is 2.26. The van der Waals surface area contributed by atoms with E-state index in [1.165, 1.54) is 26.0 Å². The van der Waals surface area contributed by atoms with Crippen molar-refractivity contribution in [1.82, 2.24) is 0 Å². The monoisotopic (exact) mass is 602 g/mol. The van der Waals surface area contributed by atoms with E-state index in [-0.39, 0.29) is 11.3 Å². The molecule has 0 fully saturated rings. The molecule has 0 spiro atoms. The van der Waals surface area contributed by atoms with Gasteiger partial charge in [0.2, 0.25) is 0 Å². The largest absolute Gasteiger partial charge is 0.396 e. The summed E-state index contributed by atoms with van der Waals surface area (Å²) in [6, 6.07) is 5.78. The second kappa shape index (κ2) is 10.4. The van der Waals surface area contributed by atoms with E-state index >= 15 is 0 Å². The molecule has 0 aromatic heterocycles. The fourth-order valence-corrected chi connectivity index (χ4v) is 5.15. The highest BCUT2D eigenvalue weighted by Crippen LogP contribution is 2.43. The standard InChI is InChI=1S/C20H19FN6O9S3/c1-9-3-4-12(15(5-9)37(28,29)30)24-26-14-8-17(39(34,35)36)19(23)20(18(14)22)27-25-13-7-11(21)10(2)6-16(13)38(31,32)33/h3-8H,22-23H2,1-2H3,(H,28,29,30)(H,31,32,33)(H,34,35,36). The number of nitrogen functional groups attached to an aromatic ring is 2. The Kier molecular flexibility index (Phi) is 7.88. The Morgan fingerprint density at radius 2 is 1.15 bits per heavy atom. The van der Waals surface area contributed by atoms with E-state index in [9.17, 15) is 43.3 Å². The SMILES string of the molecule is Cc1ccc(N=Nc2cc(S(=O)(=O)O)c(N)c(N=Nc3cc(F)c(C)cc3S(=O)(=O)O)c2N)c(S(=O)(=O)O)c1. The molecule has 0 unspecified atom stereocenters. The van der Waals surface area contributed by atoms with Crippen LogP contribution < -0.4 is 11.5 Å². The van der Waals surface area contributed by atoms with Crippen molar-refractivity contribution in [3.8, 4) is 0 Å². The molecule has 0 radical (unpaired) electrons. The molecule has 0 heterocycles. The van der Waals surface area contributed by atoms with Crippen molar-refractivity contribution in [3.63, 3.8) is 0 Å². The minimum atomic E-state index is -5.06. The lowest BCUT2D eigenvalue weighted by Gasteiger charge is -2.11. The van der Waals surface area contributed by atoms with Gasteiger partial charge >= 0.3 is 0 Å². The summed E-state index contributed by atoms with van der Waals surface area (Å²) in [5.74, 6) is -0.925. The number of halogens is 1. The molecule has 208 valence electrons. The van der Waals surface area contributed by atoms with Gasteiger partial charge in [-0.2, -0.15) is 25.3 Å². The van der Waals surface area contributed by atoms with E-state index in [1.807, 2.05) is 0 Å². The molecule has 0 amide bonds. The maximum atomic E-state index is 14.1. The van der Waals surface area contributed by atoms with Gasteiger partial charge in [0, 0.05) is 6.07 Å². The predicted octanol–water partition coefficient (Wildman–Crippen LogP) is 4.18. The summed E-state index contributed by atoms with van der Waals surface area (Å²) in [6.45, 7) is 2.76. The van der Waals surface area contributed by atoms with E-state index < -0.39 is 79.3 Å². The van der Waals surface area contributed by atoms with Crippen LogP contribution in [0.25, 0.3) is 0 Å². The van der Waals surface area contributed by atoms with Gasteiger partial charge in [-0.1, -0.05) is 6.07 Å². The summed E-state index contributed by atoms with van der Waals surface area (Å²) in [7, 11) is -14.7. The van der Waals surface area contributed by atoms with Crippen LogP contribution in [0.15, 0.2) is 71.5 Å². The van der Waals surface area contributed by atoms with E-state index in [2.05, 4.69) is 20.5 Å². The zero-order valence-electron chi connectivity index (χ0n) is 19.8. The number of rotatable bonds is 7. The minimum absolute atomic E-state index is 0.156. The number of hydrogen-bond acceptors (Lipinski definition) is 12. The molecule has 0 aliphatic heterocycles. The smallest absolute Gasteiger partial charge is 0.296 e. The van der Waals surface area contributed by atoms with Gasteiger partial charge in [0.25, 0.3) is 30.4 Å². The fourth-order valence-electron chi connectivity index (χ4n) is 3.12. The topological polar surface area (TPSA) is 265 Å². The second-order valence-corrected chi connectivity index (χ2v) is 12.1. The molecular weight excluding hydrogens is 583 g/mol. The van der Waals surface area contributed by atoms with E-state index in [4.69, 9.17) is 11.5 Å². The first-order valence-corrected chi connectivity index (χ1v) is 14.5. The first-order valence-electron chi connectivity index (χ1n) is 10.2. The van der Waals surface area contributed by atoms with Gasteiger partial charge < -0.3 is 11.5 Å². The van der Waals surface area contributed by atoms with Crippen molar-refractivity contribution < 1.29 is 43.3 Å². The average Bonchev–Trinajstić information content (AvgIpc) is 2.79. The molecule has 0 atom stereocenters. The lowest BCUT2D eigenvalue weighted by Crippen LogP contribution is -2.05. The van der Waals surface area contributed by atoms with Crippen LogP contribution in [0.4, 0.5) is 38.5 Å². The Labute approximate surface area is 221 Å². The van der Waals surface area contributed by atoms with Crippen LogP contribution in [-0.2, 0) is 30.4 Å². The van der Waals surface area contributed by atoms with Gasteiger partial charge in [-0.05, 0) is 49.2 Å². The number of aryl methyl sites for hydroxylation is 2. The number of anilines is 2. The highest BCUT2D eigenvalue weighted by atomic mass is 32.2. The number of azo groups is 2. The molecular formula is C20H19FN6O9S3. The zero-order valence-corrected chi connectivity index (χ0v) is 22.3. The number of benzene rings is 3. The maximum Gasteiger partial charge on any atom is 0.296 e. The number of hydrogen-bond donors (Lipinski definition) is 5. The molecule has 3 aromatic rings. The molecule has 39 heavy (non-hydrogen) atoms. The van der Waals surface area contributed by atoms with Crippen molar-refractivity contribution in [1.29, 1.82) is 0 Å². The van der Waals surface area contributed by atoms with Crippen LogP contribution >= 0.6 is 0 Å². The van der Waals surface area contributed by atoms with E-state index in [1.54, 1.807) is 0 Å². The zero-order chi connectivity index (χ0) is 29.5. The highest BCUT2D eigenvalue weighted by molar-refractivity contribution is 7.86. The van der Waals surface area contributed by atoms with Crippen LogP contribution in [-0.4, -0.2) is 38.9 Å². The molecule has 0 bridgehead atoms. The maximum absolute atomic E-state index is 14.1. The van der Waals surface area contributed by atoms with Gasteiger partial charge in [0.15, 0.2) is 0 Å². The summed E-state index contributed by atoms with van der Waals surface area (Å²) in [4.78, 5) is -2.46. The van der Waals surface area contributed by atoms with Crippen LogP contribution in [0, 0.1) is 19.7 Å². The second-order valence-electron chi connectivity index (χ2n) is 7.94. The van der Waals surface area contributed by atoms with Crippen molar-refractivity contribution >= 4 is 64.5 Å². The van der Waals surface area contributed by atoms with Crippen LogP contribution in [0.5, 0.6) is 0 Å². The molecule has 0 aliphatic carbocycles. The lowest BCUT2D eigenvalue weighted by atomic mass is 10.2. The van der Waals surface area contributed by atoms with E-state index in [0.29, 0.717) is 17.7 Å². The first-order chi connectivity index (χ1) is 17.8. The van der Waals surface area contributed by atoms with Crippen molar-refractivity contribution in [2.75, 3.05) is 11.5 Å². The third-order valence-corrected chi connectivity index (χ3v) is 7.69. The number of nitrogens with two attached hydrogens (primary N) is 2. The molecule has 3 aromatic carbocycles. The summed E-state index contributed by atoms with van der Waals surface area (Å²) in [5.41, 5.74) is 8.46. The third-order valence-electron chi connectivity index (χ3n) is 5.03.